The van der Waals surface area contributed by atoms with Crippen molar-refractivity contribution in [1.29, 1.82) is 0 Å². The van der Waals surface area contributed by atoms with Gasteiger partial charge in [0, 0.05) is 18.8 Å². The van der Waals surface area contributed by atoms with Gasteiger partial charge in [0.25, 0.3) is 0 Å². The maximum absolute atomic E-state index is 5.71. The van der Waals surface area contributed by atoms with E-state index in [1.807, 2.05) is 40.2 Å². The van der Waals surface area contributed by atoms with Gasteiger partial charge in [0.2, 0.25) is 0 Å². The van der Waals surface area contributed by atoms with Crippen molar-refractivity contribution in [2.24, 2.45) is 0 Å². The maximum atomic E-state index is 5.71. The van der Waals surface area contributed by atoms with Crippen molar-refractivity contribution in [2.75, 3.05) is 34.3 Å². The second kappa shape index (κ2) is 6.45. The van der Waals surface area contributed by atoms with Crippen molar-refractivity contribution >= 4 is 0 Å². The minimum atomic E-state index is 0.689. The number of pyridine rings is 1. The Labute approximate surface area is 97.6 Å². The first-order chi connectivity index (χ1) is 7.63. The molecule has 0 bridgehead atoms. The SMILES string of the molecule is CNCc1nc(C)ccc1OCCN(C)C. The molecule has 0 aliphatic carbocycles. The van der Waals surface area contributed by atoms with Gasteiger partial charge in [-0.05, 0) is 40.2 Å². The molecular weight excluding hydrogens is 202 g/mol. The van der Waals surface area contributed by atoms with Crippen molar-refractivity contribution in [3.63, 3.8) is 0 Å². The fourth-order valence-corrected chi connectivity index (χ4v) is 1.36. The van der Waals surface area contributed by atoms with Gasteiger partial charge in [-0.3, -0.25) is 4.98 Å². The third-order valence-corrected chi connectivity index (χ3v) is 2.21. The van der Waals surface area contributed by atoms with E-state index in [9.17, 15) is 0 Å². The van der Waals surface area contributed by atoms with Crippen LogP contribution in [0.3, 0.4) is 0 Å². The summed E-state index contributed by atoms with van der Waals surface area (Å²) in [6.07, 6.45) is 0. The number of hydrogen-bond acceptors (Lipinski definition) is 4. The molecule has 0 aromatic carbocycles. The molecule has 0 aliphatic rings. The summed E-state index contributed by atoms with van der Waals surface area (Å²) in [5, 5.41) is 3.10. The molecule has 0 amide bonds. The molecule has 0 radical (unpaired) electrons. The van der Waals surface area contributed by atoms with Gasteiger partial charge in [0.05, 0.1) is 5.69 Å². The van der Waals surface area contributed by atoms with Crippen LogP contribution in [0.15, 0.2) is 12.1 Å². The summed E-state index contributed by atoms with van der Waals surface area (Å²) in [7, 11) is 5.98. The number of ether oxygens (including phenoxy) is 1. The Balaban J connectivity index is 2.63. The van der Waals surface area contributed by atoms with Crippen LogP contribution >= 0.6 is 0 Å². The van der Waals surface area contributed by atoms with Gasteiger partial charge in [0.15, 0.2) is 0 Å². The van der Waals surface area contributed by atoms with Crippen molar-refractivity contribution in [1.82, 2.24) is 15.2 Å². The first-order valence-corrected chi connectivity index (χ1v) is 5.52. The molecule has 1 N–H and O–H groups in total. The Morgan fingerprint density at radius 1 is 1.38 bits per heavy atom. The maximum Gasteiger partial charge on any atom is 0.142 e. The fraction of sp³-hybridized carbons (Fsp3) is 0.583. The number of rotatable bonds is 6. The number of hydrogen-bond donors (Lipinski definition) is 1. The van der Waals surface area contributed by atoms with Gasteiger partial charge in [-0.1, -0.05) is 0 Å². The Hall–Kier alpha value is -1.13. The average Bonchev–Trinajstić information content (AvgIpc) is 2.21. The zero-order valence-electron chi connectivity index (χ0n) is 10.6. The minimum Gasteiger partial charge on any atom is -0.490 e. The lowest BCUT2D eigenvalue weighted by atomic mass is 10.3. The largest absolute Gasteiger partial charge is 0.490 e. The highest BCUT2D eigenvalue weighted by atomic mass is 16.5. The first kappa shape index (κ1) is 12.9. The molecule has 0 spiro atoms. The zero-order valence-corrected chi connectivity index (χ0v) is 10.6. The molecule has 1 heterocycles. The highest BCUT2D eigenvalue weighted by Crippen LogP contribution is 2.16. The van der Waals surface area contributed by atoms with Gasteiger partial charge < -0.3 is 15.0 Å². The molecule has 4 nitrogen and oxygen atoms in total. The second-order valence-electron chi connectivity index (χ2n) is 4.08. The van der Waals surface area contributed by atoms with Gasteiger partial charge in [-0.2, -0.15) is 0 Å². The molecule has 0 fully saturated rings. The highest BCUT2D eigenvalue weighted by Gasteiger charge is 2.05. The van der Waals surface area contributed by atoms with E-state index >= 15 is 0 Å². The average molecular weight is 223 g/mol. The molecule has 1 rings (SSSR count). The Bertz CT molecular complexity index is 326. The van der Waals surface area contributed by atoms with E-state index < -0.39 is 0 Å². The minimum absolute atomic E-state index is 0.689. The van der Waals surface area contributed by atoms with E-state index in [0.717, 1.165) is 30.2 Å². The molecule has 4 heteroatoms. The van der Waals surface area contributed by atoms with Crippen LogP contribution in [0.2, 0.25) is 0 Å². The van der Waals surface area contributed by atoms with Gasteiger partial charge in [0.1, 0.15) is 12.4 Å². The Morgan fingerprint density at radius 3 is 2.75 bits per heavy atom. The quantitative estimate of drug-likeness (QED) is 0.782. The number of aryl methyl sites for hydroxylation is 1. The van der Waals surface area contributed by atoms with E-state index in [0.29, 0.717) is 6.61 Å². The monoisotopic (exact) mass is 223 g/mol. The smallest absolute Gasteiger partial charge is 0.142 e. The van der Waals surface area contributed by atoms with Crippen LogP contribution in [0.25, 0.3) is 0 Å². The molecule has 0 saturated heterocycles. The summed E-state index contributed by atoms with van der Waals surface area (Å²) in [5.74, 6) is 0.877. The summed E-state index contributed by atoms with van der Waals surface area (Å²) in [6.45, 7) is 4.32. The molecule has 1 aromatic rings. The molecule has 0 aliphatic heterocycles. The topological polar surface area (TPSA) is 37.4 Å². The van der Waals surface area contributed by atoms with Crippen LogP contribution in [-0.2, 0) is 6.54 Å². The van der Waals surface area contributed by atoms with Crippen molar-refractivity contribution < 1.29 is 4.74 Å². The summed E-state index contributed by atoms with van der Waals surface area (Å²) >= 11 is 0. The number of nitrogens with zero attached hydrogens (tertiary/aromatic N) is 2. The lowest BCUT2D eigenvalue weighted by molar-refractivity contribution is 0.258. The molecule has 0 saturated carbocycles. The molecule has 90 valence electrons. The summed E-state index contributed by atoms with van der Waals surface area (Å²) in [5.41, 5.74) is 1.99. The van der Waals surface area contributed by atoms with E-state index in [1.54, 1.807) is 0 Å². The zero-order chi connectivity index (χ0) is 12.0. The van der Waals surface area contributed by atoms with Crippen LogP contribution in [0.5, 0.6) is 5.75 Å². The normalized spacial score (nSPS) is 10.8. The van der Waals surface area contributed by atoms with Crippen LogP contribution in [0.1, 0.15) is 11.4 Å². The molecule has 0 unspecified atom stereocenters. The molecule has 1 aromatic heterocycles. The van der Waals surface area contributed by atoms with E-state index in [2.05, 4.69) is 15.2 Å². The van der Waals surface area contributed by atoms with Crippen LogP contribution in [0, 0.1) is 6.92 Å². The third-order valence-electron chi connectivity index (χ3n) is 2.21. The Kier molecular flexibility index (Phi) is 5.22. The molecule has 16 heavy (non-hydrogen) atoms. The standard InChI is InChI=1S/C12H21N3O/c1-10-5-6-12(11(14-10)9-13-2)16-8-7-15(3)4/h5-6,13H,7-9H2,1-4H3. The summed E-state index contributed by atoms with van der Waals surface area (Å²) in [4.78, 5) is 6.56. The number of nitrogens with one attached hydrogen (secondary N) is 1. The summed E-state index contributed by atoms with van der Waals surface area (Å²) < 4.78 is 5.71. The van der Waals surface area contributed by atoms with E-state index in [1.165, 1.54) is 0 Å². The number of aromatic nitrogens is 1. The summed E-state index contributed by atoms with van der Waals surface area (Å²) in [6, 6.07) is 3.97. The molecule has 0 atom stereocenters. The van der Waals surface area contributed by atoms with Gasteiger partial charge in [-0.25, -0.2) is 0 Å². The van der Waals surface area contributed by atoms with Gasteiger partial charge in [-0.15, -0.1) is 0 Å². The second-order valence-corrected chi connectivity index (χ2v) is 4.08. The lowest BCUT2D eigenvalue weighted by Gasteiger charge is -2.13. The first-order valence-electron chi connectivity index (χ1n) is 5.52. The van der Waals surface area contributed by atoms with Crippen LogP contribution in [0.4, 0.5) is 0 Å². The third kappa shape index (κ3) is 4.16. The predicted molar refractivity (Wildman–Crippen MR) is 65.8 cm³/mol. The van der Waals surface area contributed by atoms with Crippen LogP contribution < -0.4 is 10.1 Å². The Morgan fingerprint density at radius 2 is 2.12 bits per heavy atom. The fourth-order valence-electron chi connectivity index (χ4n) is 1.36. The van der Waals surface area contributed by atoms with Crippen molar-refractivity contribution in [3.8, 4) is 5.75 Å². The highest BCUT2D eigenvalue weighted by molar-refractivity contribution is 5.29. The van der Waals surface area contributed by atoms with Gasteiger partial charge >= 0.3 is 0 Å². The lowest BCUT2D eigenvalue weighted by Crippen LogP contribution is -2.20. The predicted octanol–water partition coefficient (Wildman–Crippen LogP) is 1.05. The van der Waals surface area contributed by atoms with Crippen molar-refractivity contribution in [2.45, 2.75) is 13.5 Å². The van der Waals surface area contributed by atoms with Crippen molar-refractivity contribution in [3.05, 3.63) is 23.5 Å². The van der Waals surface area contributed by atoms with E-state index in [4.69, 9.17) is 4.74 Å². The molecular formula is C12H21N3O. The number of likely N-dealkylation sites (N-methyl/N-ethyl adjacent to an activating group) is 1. The van der Waals surface area contributed by atoms with Crippen LogP contribution in [-0.4, -0.2) is 44.2 Å². The van der Waals surface area contributed by atoms with E-state index in [-0.39, 0.29) is 0 Å².